The Morgan fingerprint density at radius 1 is 1.36 bits per heavy atom. The summed E-state index contributed by atoms with van der Waals surface area (Å²) in [6.45, 7) is 6.94. The summed E-state index contributed by atoms with van der Waals surface area (Å²) in [6, 6.07) is 0. The number of ether oxygens (including phenoxy) is 1. The van der Waals surface area contributed by atoms with Gasteiger partial charge in [0.15, 0.2) is 0 Å². The number of nitrogens with one attached hydrogen (secondary N) is 1. The van der Waals surface area contributed by atoms with Crippen LogP contribution in [0.5, 0.6) is 0 Å². The first kappa shape index (κ1) is 11.5. The molecule has 1 heterocycles. The minimum absolute atomic E-state index is 0.303. The standard InChI is InChI=1S/C11H22N2O/c1-3-13(4-2)11(12)9-10-7-5-6-8-14-10/h10,12H,3-9H2,1-2H3. The van der Waals surface area contributed by atoms with E-state index in [9.17, 15) is 0 Å². The van der Waals surface area contributed by atoms with Crippen LogP contribution in [-0.2, 0) is 4.74 Å². The van der Waals surface area contributed by atoms with Gasteiger partial charge in [0.05, 0.1) is 11.9 Å². The first-order chi connectivity index (χ1) is 6.77. The average molecular weight is 198 g/mol. The van der Waals surface area contributed by atoms with Crippen LogP contribution in [0.3, 0.4) is 0 Å². The third-order valence-corrected chi connectivity index (χ3v) is 2.84. The van der Waals surface area contributed by atoms with Gasteiger partial charge in [0.1, 0.15) is 0 Å². The second-order valence-electron chi connectivity index (χ2n) is 3.81. The van der Waals surface area contributed by atoms with Gasteiger partial charge in [-0.25, -0.2) is 0 Å². The molecule has 82 valence electrons. The highest BCUT2D eigenvalue weighted by molar-refractivity contribution is 5.79. The highest BCUT2D eigenvalue weighted by atomic mass is 16.5. The van der Waals surface area contributed by atoms with Crippen LogP contribution < -0.4 is 0 Å². The Kier molecular flexibility index (Phi) is 4.94. The minimum atomic E-state index is 0.303. The number of amidine groups is 1. The molecule has 0 aromatic rings. The van der Waals surface area contributed by atoms with E-state index >= 15 is 0 Å². The predicted octanol–water partition coefficient (Wildman–Crippen LogP) is 2.26. The lowest BCUT2D eigenvalue weighted by Gasteiger charge is -2.27. The second kappa shape index (κ2) is 6.02. The van der Waals surface area contributed by atoms with Crippen LogP contribution in [0.4, 0.5) is 0 Å². The van der Waals surface area contributed by atoms with E-state index in [1.807, 2.05) is 0 Å². The largest absolute Gasteiger partial charge is 0.378 e. The van der Waals surface area contributed by atoms with Crippen LogP contribution in [0.2, 0.25) is 0 Å². The molecule has 1 N–H and O–H groups in total. The van der Waals surface area contributed by atoms with Crippen molar-refractivity contribution in [1.29, 1.82) is 5.41 Å². The molecule has 3 heteroatoms. The summed E-state index contributed by atoms with van der Waals surface area (Å²) in [6.07, 6.45) is 4.67. The number of hydrogen-bond donors (Lipinski definition) is 1. The molecule has 0 aliphatic carbocycles. The van der Waals surface area contributed by atoms with Crippen LogP contribution in [-0.4, -0.2) is 36.5 Å². The molecule has 0 saturated carbocycles. The van der Waals surface area contributed by atoms with Gasteiger partial charge in [0.25, 0.3) is 0 Å². The third-order valence-electron chi connectivity index (χ3n) is 2.84. The molecule has 0 spiro atoms. The monoisotopic (exact) mass is 198 g/mol. The van der Waals surface area contributed by atoms with Crippen molar-refractivity contribution < 1.29 is 4.74 Å². The smallest absolute Gasteiger partial charge is 0.0983 e. The third kappa shape index (κ3) is 3.29. The molecular formula is C11H22N2O. The molecule has 1 aliphatic heterocycles. The minimum Gasteiger partial charge on any atom is -0.378 e. The fraction of sp³-hybridized carbons (Fsp3) is 0.909. The lowest BCUT2D eigenvalue weighted by Crippen LogP contribution is -2.34. The van der Waals surface area contributed by atoms with E-state index in [0.29, 0.717) is 6.10 Å². The zero-order valence-corrected chi connectivity index (χ0v) is 9.38. The lowest BCUT2D eigenvalue weighted by molar-refractivity contribution is 0.0195. The summed E-state index contributed by atoms with van der Waals surface area (Å²) in [7, 11) is 0. The molecule has 0 radical (unpaired) electrons. The predicted molar refractivity (Wildman–Crippen MR) is 58.9 cm³/mol. The molecule has 1 atom stereocenters. The molecule has 1 fully saturated rings. The Balaban J connectivity index is 2.30. The van der Waals surface area contributed by atoms with E-state index < -0.39 is 0 Å². The Morgan fingerprint density at radius 3 is 2.57 bits per heavy atom. The van der Waals surface area contributed by atoms with E-state index in [2.05, 4.69) is 18.7 Å². The summed E-state index contributed by atoms with van der Waals surface area (Å²) in [4.78, 5) is 2.10. The first-order valence-corrected chi connectivity index (χ1v) is 5.71. The van der Waals surface area contributed by atoms with Crippen molar-refractivity contribution in [3.8, 4) is 0 Å². The van der Waals surface area contributed by atoms with Gasteiger partial charge < -0.3 is 9.64 Å². The number of hydrogen-bond acceptors (Lipinski definition) is 2. The van der Waals surface area contributed by atoms with Gasteiger partial charge in [0, 0.05) is 26.1 Å². The summed E-state index contributed by atoms with van der Waals surface area (Å²) in [5.74, 6) is 0.738. The van der Waals surface area contributed by atoms with Crippen molar-refractivity contribution in [3.63, 3.8) is 0 Å². The molecule has 1 saturated heterocycles. The van der Waals surface area contributed by atoms with Gasteiger partial charge in [-0.3, -0.25) is 5.41 Å². The molecule has 0 bridgehead atoms. The quantitative estimate of drug-likeness (QED) is 0.555. The topological polar surface area (TPSA) is 36.3 Å². The van der Waals surface area contributed by atoms with Crippen LogP contribution >= 0.6 is 0 Å². The Labute approximate surface area is 86.9 Å². The van der Waals surface area contributed by atoms with E-state index in [4.69, 9.17) is 10.1 Å². The second-order valence-corrected chi connectivity index (χ2v) is 3.81. The lowest BCUT2D eigenvalue weighted by atomic mass is 10.1. The van der Waals surface area contributed by atoms with Crippen molar-refractivity contribution in [1.82, 2.24) is 4.90 Å². The van der Waals surface area contributed by atoms with Gasteiger partial charge in [-0.15, -0.1) is 0 Å². The molecule has 14 heavy (non-hydrogen) atoms. The van der Waals surface area contributed by atoms with E-state index in [1.165, 1.54) is 12.8 Å². The van der Waals surface area contributed by atoms with Gasteiger partial charge in [-0.05, 0) is 33.1 Å². The summed E-state index contributed by atoms with van der Waals surface area (Å²) < 4.78 is 5.62. The zero-order valence-electron chi connectivity index (χ0n) is 9.38. The maximum absolute atomic E-state index is 7.93. The van der Waals surface area contributed by atoms with Crippen LogP contribution in [0.15, 0.2) is 0 Å². The molecule has 1 rings (SSSR count). The first-order valence-electron chi connectivity index (χ1n) is 5.71. The molecule has 1 unspecified atom stereocenters. The summed E-state index contributed by atoms with van der Waals surface area (Å²) >= 11 is 0. The highest BCUT2D eigenvalue weighted by Gasteiger charge is 2.17. The maximum atomic E-state index is 7.93. The number of nitrogens with zero attached hydrogens (tertiary/aromatic N) is 1. The van der Waals surface area contributed by atoms with Gasteiger partial charge in [-0.2, -0.15) is 0 Å². The summed E-state index contributed by atoms with van der Waals surface area (Å²) in [5.41, 5.74) is 0. The summed E-state index contributed by atoms with van der Waals surface area (Å²) in [5, 5.41) is 7.93. The fourth-order valence-electron chi connectivity index (χ4n) is 1.92. The van der Waals surface area contributed by atoms with Gasteiger partial charge in [-0.1, -0.05) is 0 Å². The Hall–Kier alpha value is -0.570. The van der Waals surface area contributed by atoms with E-state index in [0.717, 1.165) is 38.4 Å². The van der Waals surface area contributed by atoms with Crippen molar-refractivity contribution in [2.45, 2.75) is 45.6 Å². The van der Waals surface area contributed by atoms with Crippen molar-refractivity contribution in [2.24, 2.45) is 0 Å². The molecule has 0 aromatic carbocycles. The maximum Gasteiger partial charge on any atom is 0.0983 e. The zero-order chi connectivity index (χ0) is 10.4. The SMILES string of the molecule is CCN(CC)C(=N)CC1CCCCO1. The van der Waals surface area contributed by atoms with Crippen LogP contribution in [0.1, 0.15) is 39.5 Å². The molecule has 3 nitrogen and oxygen atoms in total. The Bertz CT molecular complexity index is 172. The molecule has 0 amide bonds. The van der Waals surface area contributed by atoms with Crippen LogP contribution in [0.25, 0.3) is 0 Å². The van der Waals surface area contributed by atoms with E-state index in [1.54, 1.807) is 0 Å². The molecule has 1 aliphatic rings. The van der Waals surface area contributed by atoms with Crippen molar-refractivity contribution in [3.05, 3.63) is 0 Å². The van der Waals surface area contributed by atoms with E-state index in [-0.39, 0.29) is 0 Å². The number of rotatable bonds is 4. The average Bonchev–Trinajstić information content (AvgIpc) is 2.21. The molecular weight excluding hydrogens is 176 g/mol. The normalized spacial score (nSPS) is 22.0. The highest BCUT2D eigenvalue weighted by Crippen LogP contribution is 2.16. The van der Waals surface area contributed by atoms with Crippen LogP contribution in [0, 0.1) is 5.41 Å². The Morgan fingerprint density at radius 2 is 2.07 bits per heavy atom. The molecule has 0 aromatic heterocycles. The fourth-order valence-corrected chi connectivity index (χ4v) is 1.92. The van der Waals surface area contributed by atoms with Gasteiger partial charge in [0.2, 0.25) is 0 Å². The van der Waals surface area contributed by atoms with Gasteiger partial charge >= 0.3 is 0 Å². The van der Waals surface area contributed by atoms with Crippen molar-refractivity contribution >= 4 is 5.84 Å². The van der Waals surface area contributed by atoms with Crippen molar-refractivity contribution in [2.75, 3.05) is 19.7 Å².